The van der Waals surface area contributed by atoms with Crippen molar-refractivity contribution in [1.82, 2.24) is 14.9 Å². The third-order valence-corrected chi connectivity index (χ3v) is 4.74. The minimum Gasteiger partial charge on any atom is -0.483 e. The number of hydrogen-bond acceptors (Lipinski definition) is 6. The molecule has 1 N–H and O–H groups in total. The molecule has 0 atom stereocenters. The van der Waals surface area contributed by atoms with E-state index in [0.29, 0.717) is 48.7 Å². The molecule has 4 aromatic rings. The second-order valence-electron chi connectivity index (χ2n) is 5.68. The Morgan fingerprint density at radius 2 is 2.00 bits per heavy atom. The Morgan fingerprint density at radius 3 is 2.72 bits per heavy atom. The van der Waals surface area contributed by atoms with Gasteiger partial charge in [0, 0.05) is 5.02 Å². The van der Waals surface area contributed by atoms with Crippen LogP contribution in [0.15, 0.2) is 56.6 Å². The maximum Gasteiger partial charge on any atom is 0.219 e. The first-order valence-corrected chi connectivity index (χ1v) is 9.67. The standard InChI is InChI=1S/C18H11Cl3N4O3S/c19-10-6-13(20)16(14(21)7-10)27-9-12-4-3-11(28-12)8-22-25-17(23-24-18(25)29)15-2-1-5-26-15/h1-8H,9H2,(H,24,29)/b22-8-. The van der Waals surface area contributed by atoms with E-state index in [-0.39, 0.29) is 6.61 Å². The average Bonchev–Trinajstić information content (AvgIpc) is 3.40. The summed E-state index contributed by atoms with van der Waals surface area (Å²) in [5.41, 5.74) is 0. The number of nitrogens with one attached hydrogen (secondary N) is 1. The van der Waals surface area contributed by atoms with Crippen molar-refractivity contribution < 1.29 is 13.6 Å². The SMILES string of the molecule is S=c1[nH]nc(-c2ccco2)n1/N=C\c1ccc(COc2c(Cl)cc(Cl)cc2Cl)o1. The highest BCUT2D eigenvalue weighted by atomic mass is 35.5. The van der Waals surface area contributed by atoms with E-state index in [4.69, 9.17) is 60.6 Å². The lowest BCUT2D eigenvalue weighted by atomic mass is 10.3. The van der Waals surface area contributed by atoms with Gasteiger partial charge in [-0.1, -0.05) is 34.8 Å². The average molecular weight is 470 g/mol. The smallest absolute Gasteiger partial charge is 0.219 e. The van der Waals surface area contributed by atoms with Crippen LogP contribution in [-0.4, -0.2) is 21.1 Å². The van der Waals surface area contributed by atoms with Gasteiger partial charge in [-0.3, -0.25) is 0 Å². The van der Waals surface area contributed by atoms with Crippen molar-refractivity contribution in [2.45, 2.75) is 6.61 Å². The fourth-order valence-electron chi connectivity index (χ4n) is 2.43. The van der Waals surface area contributed by atoms with Crippen molar-refractivity contribution in [1.29, 1.82) is 0 Å². The first-order valence-electron chi connectivity index (χ1n) is 8.13. The summed E-state index contributed by atoms with van der Waals surface area (Å²) in [6.45, 7) is 0.123. The largest absolute Gasteiger partial charge is 0.483 e. The van der Waals surface area contributed by atoms with E-state index in [1.165, 1.54) is 10.9 Å². The zero-order chi connectivity index (χ0) is 20.4. The van der Waals surface area contributed by atoms with Crippen LogP contribution in [0.5, 0.6) is 5.75 Å². The van der Waals surface area contributed by atoms with Crippen LogP contribution in [0.4, 0.5) is 0 Å². The van der Waals surface area contributed by atoms with Gasteiger partial charge in [-0.05, 0) is 48.6 Å². The van der Waals surface area contributed by atoms with Crippen molar-refractivity contribution in [2.75, 3.05) is 0 Å². The van der Waals surface area contributed by atoms with E-state index < -0.39 is 0 Å². The monoisotopic (exact) mass is 468 g/mol. The topological polar surface area (TPSA) is 81.5 Å². The van der Waals surface area contributed by atoms with Crippen LogP contribution in [0.3, 0.4) is 0 Å². The fourth-order valence-corrected chi connectivity index (χ4v) is 3.54. The quantitative estimate of drug-likeness (QED) is 0.268. The molecule has 0 aliphatic rings. The molecule has 0 radical (unpaired) electrons. The Balaban J connectivity index is 1.48. The Bertz CT molecular complexity index is 1200. The molecule has 148 valence electrons. The normalized spacial score (nSPS) is 11.4. The first-order chi connectivity index (χ1) is 14.0. The Hall–Kier alpha value is -2.52. The highest BCUT2D eigenvalue weighted by Crippen LogP contribution is 2.36. The summed E-state index contributed by atoms with van der Waals surface area (Å²) in [6.07, 6.45) is 3.04. The molecule has 4 rings (SSSR count). The van der Waals surface area contributed by atoms with Crippen molar-refractivity contribution >= 4 is 53.2 Å². The third kappa shape index (κ3) is 4.40. The highest BCUT2D eigenvalue weighted by Gasteiger charge is 2.12. The number of H-pyrrole nitrogens is 1. The molecule has 7 nitrogen and oxygen atoms in total. The summed E-state index contributed by atoms with van der Waals surface area (Å²) < 4.78 is 18.4. The van der Waals surface area contributed by atoms with Gasteiger partial charge in [0.15, 0.2) is 11.5 Å². The number of ether oxygens (including phenoxy) is 1. The number of aromatic amines is 1. The number of halogens is 3. The number of furan rings is 2. The molecule has 3 aromatic heterocycles. The summed E-state index contributed by atoms with van der Waals surface area (Å²) in [6, 6.07) is 10.1. The van der Waals surface area contributed by atoms with Crippen molar-refractivity contribution in [3.05, 3.63) is 74.0 Å². The van der Waals surface area contributed by atoms with E-state index in [1.54, 1.807) is 42.7 Å². The molecule has 29 heavy (non-hydrogen) atoms. The second-order valence-corrected chi connectivity index (χ2v) is 7.31. The number of rotatable bonds is 6. The number of hydrogen-bond donors (Lipinski definition) is 1. The predicted molar refractivity (Wildman–Crippen MR) is 113 cm³/mol. The van der Waals surface area contributed by atoms with Crippen molar-refractivity contribution in [3.8, 4) is 17.3 Å². The zero-order valence-electron chi connectivity index (χ0n) is 14.4. The Labute approximate surface area is 184 Å². The van der Waals surface area contributed by atoms with Crippen LogP contribution in [-0.2, 0) is 6.61 Å². The maximum atomic E-state index is 6.11. The van der Waals surface area contributed by atoms with E-state index >= 15 is 0 Å². The van der Waals surface area contributed by atoms with Crippen LogP contribution < -0.4 is 4.74 Å². The molecule has 0 saturated heterocycles. The molecule has 1 aromatic carbocycles. The van der Waals surface area contributed by atoms with E-state index in [1.807, 2.05) is 0 Å². The number of benzene rings is 1. The van der Waals surface area contributed by atoms with Crippen LogP contribution in [0.25, 0.3) is 11.6 Å². The first kappa shape index (κ1) is 19.8. The van der Waals surface area contributed by atoms with Gasteiger partial charge in [0.25, 0.3) is 0 Å². The minimum atomic E-state index is 0.123. The Kier molecular flexibility index (Phi) is 5.77. The lowest BCUT2D eigenvalue weighted by Gasteiger charge is -2.08. The minimum absolute atomic E-state index is 0.123. The van der Waals surface area contributed by atoms with Gasteiger partial charge in [-0.2, -0.15) is 9.78 Å². The van der Waals surface area contributed by atoms with Crippen LogP contribution in [0.1, 0.15) is 11.5 Å². The van der Waals surface area contributed by atoms with Gasteiger partial charge >= 0.3 is 0 Å². The number of aromatic nitrogens is 3. The molecule has 0 spiro atoms. The fraction of sp³-hybridized carbons (Fsp3) is 0.0556. The zero-order valence-corrected chi connectivity index (χ0v) is 17.5. The summed E-state index contributed by atoms with van der Waals surface area (Å²) in [5.74, 6) is 2.34. The molecule has 0 saturated carbocycles. The predicted octanol–water partition coefficient (Wildman–Crippen LogP) is 6.22. The molecule has 0 unspecified atom stereocenters. The van der Waals surface area contributed by atoms with Crippen LogP contribution in [0, 0.1) is 4.77 Å². The van der Waals surface area contributed by atoms with Gasteiger partial charge in [0.1, 0.15) is 18.1 Å². The molecule has 0 fully saturated rings. The van der Waals surface area contributed by atoms with Crippen LogP contribution >= 0.6 is 47.0 Å². The summed E-state index contributed by atoms with van der Waals surface area (Å²) in [7, 11) is 0. The number of nitrogens with zero attached hydrogens (tertiary/aromatic N) is 3. The summed E-state index contributed by atoms with van der Waals surface area (Å²) in [5, 5.41) is 12.2. The molecule has 3 heterocycles. The van der Waals surface area contributed by atoms with Crippen molar-refractivity contribution in [2.24, 2.45) is 5.10 Å². The Morgan fingerprint density at radius 1 is 1.21 bits per heavy atom. The molecular weight excluding hydrogens is 459 g/mol. The van der Waals surface area contributed by atoms with Gasteiger partial charge in [-0.15, -0.1) is 5.10 Å². The second kappa shape index (κ2) is 8.46. The summed E-state index contributed by atoms with van der Waals surface area (Å²) >= 11 is 23.3. The van der Waals surface area contributed by atoms with Gasteiger partial charge in [0.05, 0.1) is 22.5 Å². The van der Waals surface area contributed by atoms with E-state index in [9.17, 15) is 0 Å². The lowest BCUT2D eigenvalue weighted by Crippen LogP contribution is -1.95. The van der Waals surface area contributed by atoms with Gasteiger partial charge < -0.3 is 13.6 Å². The maximum absolute atomic E-state index is 6.11. The third-order valence-electron chi connectivity index (χ3n) is 3.70. The molecule has 0 aliphatic carbocycles. The molecule has 11 heteroatoms. The van der Waals surface area contributed by atoms with Gasteiger partial charge in [0.2, 0.25) is 10.6 Å². The van der Waals surface area contributed by atoms with Crippen LogP contribution in [0.2, 0.25) is 15.1 Å². The highest BCUT2D eigenvalue weighted by molar-refractivity contribution is 7.71. The molecule has 0 amide bonds. The lowest BCUT2D eigenvalue weighted by molar-refractivity contribution is 0.270. The molecule has 0 aliphatic heterocycles. The molecule has 0 bridgehead atoms. The van der Waals surface area contributed by atoms with Crippen molar-refractivity contribution in [3.63, 3.8) is 0 Å². The van der Waals surface area contributed by atoms with E-state index in [0.717, 1.165) is 0 Å². The van der Waals surface area contributed by atoms with Gasteiger partial charge in [-0.25, -0.2) is 5.10 Å². The van der Waals surface area contributed by atoms with E-state index in [2.05, 4.69) is 15.3 Å². The summed E-state index contributed by atoms with van der Waals surface area (Å²) in [4.78, 5) is 0. The molecular formula is C18H11Cl3N4O3S.